The van der Waals surface area contributed by atoms with Crippen molar-refractivity contribution in [1.82, 2.24) is 0 Å². The maximum absolute atomic E-state index is 6.58. The third kappa shape index (κ3) is 3.08. The molecule has 1 aromatic carbocycles. The zero-order valence-corrected chi connectivity index (χ0v) is 13.7. The first kappa shape index (κ1) is 15.2. The van der Waals surface area contributed by atoms with Gasteiger partial charge in [-0.15, -0.1) is 0 Å². The summed E-state index contributed by atoms with van der Waals surface area (Å²) in [6.07, 6.45) is 3.33. The highest BCUT2D eigenvalue weighted by molar-refractivity contribution is 7.99. The van der Waals surface area contributed by atoms with E-state index < -0.39 is 0 Å². The predicted octanol–water partition coefficient (Wildman–Crippen LogP) is 3.31. The van der Waals surface area contributed by atoms with Crippen molar-refractivity contribution in [3.8, 4) is 5.75 Å². The van der Waals surface area contributed by atoms with Gasteiger partial charge in [-0.05, 0) is 55.1 Å². The highest BCUT2D eigenvalue weighted by Crippen LogP contribution is 2.43. The second-order valence-electron chi connectivity index (χ2n) is 6.34. The van der Waals surface area contributed by atoms with Crippen LogP contribution in [0.3, 0.4) is 0 Å². The quantitative estimate of drug-likeness (QED) is 0.930. The number of benzene rings is 1. The minimum atomic E-state index is 0.0749. The molecule has 3 rings (SSSR count). The number of nitrogens with two attached hydrogens (primary N) is 1. The molecule has 1 aromatic rings. The zero-order chi connectivity index (χ0) is 14.9. The van der Waals surface area contributed by atoms with E-state index in [1.54, 1.807) is 7.11 Å². The van der Waals surface area contributed by atoms with E-state index in [9.17, 15) is 0 Å². The van der Waals surface area contributed by atoms with E-state index in [0.29, 0.717) is 5.92 Å². The van der Waals surface area contributed by atoms with Crippen molar-refractivity contribution in [2.24, 2.45) is 11.7 Å². The molecule has 116 valence electrons. The molecule has 0 saturated carbocycles. The molecule has 2 saturated heterocycles. The molecule has 2 aliphatic rings. The normalized spacial score (nSPS) is 30.5. The third-order valence-electron chi connectivity index (χ3n) is 4.92. The maximum Gasteiger partial charge on any atom is 0.122 e. The van der Waals surface area contributed by atoms with Crippen molar-refractivity contribution in [3.63, 3.8) is 0 Å². The standard InChI is InChI=1S/C17H25NO2S/c1-12-3-4-13(9-15(12)19-2)16(18)14-5-7-20-17(10-14)6-8-21-11-17/h3-4,9,14,16H,5-8,10-11,18H2,1-2H3. The Morgan fingerprint density at radius 2 is 2.33 bits per heavy atom. The Morgan fingerprint density at radius 1 is 1.48 bits per heavy atom. The molecule has 4 heteroatoms. The predicted molar refractivity (Wildman–Crippen MR) is 88.0 cm³/mol. The molecule has 0 radical (unpaired) electrons. The van der Waals surface area contributed by atoms with Gasteiger partial charge in [0.2, 0.25) is 0 Å². The highest BCUT2D eigenvalue weighted by atomic mass is 32.2. The van der Waals surface area contributed by atoms with Crippen LogP contribution in [0.5, 0.6) is 5.75 Å². The van der Waals surface area contributed by atoms with Gasteiger partial charge in [0.15, 0.2) is 0 Å². The first-order valence-electron chi connectivity index (χ1n) is 7.75. The maximum atomic E-state index is 6.58. The molecule has 0 bridgehead atoms. The second-order valence-corrected chi connectivity index (χ2v) is 7.45. The number of ether oxygens (including phenoxy) is 2. The summed E-state index contributed by atoms with van der Waals surface area (Å²) in [6, 6.07) is 6.43. The number of methoxy groups -OCH3 is 1. The Kier molecular flexibility index (Phi) is 4.48. The van der Waals surface area contributed by atoms with Gasteiger partial charge in [0.05, 0.1) is 12.7 Å². The van der Waals surface area contributed by atoms with Crippen molar-refractivity contribution >= 4 is 11.8 Å². The van der Waals surface area contributed by atoms with Crippen LogP contribution in [-0.4, -0.2) is 30.8 Å². The van der Waals surface area contributed by atoms with E-state index in [0.717, 1.165) is 36.5 Å². The summed E-state index contributed by atoms with van der Waals surface area (Å²) in [5.41, 5.74) is 9.02. The Hall–Kier alpha value is -0.710. The third-order valence-corrected chi connectivity index (χ3v) is 6.15. The van der Waals surface area contributed by atoms with Gasteiger partial charge in [-0.25, -0.2) is 0 Å². The largest absolute Gasteiger partial charge is 0.496 e. The van der Waals surface area contributed by atoms with Crippen LogP contribution in [0.4, 0.5) is 0 Å². The average Bonchev–Trinajstić information content (AvgIpc) is 2.95. The van der Waals surface area contributed by atoms with E-state index in [1.807, 2.05) is 11.8 Å². The fourth-order valence-corrected chi connectivity index (χ4v) is 4.93. The fourth-order valence-electron chi connectivity index (χ4n) is 3.55. The van der Waals surface area contributed by atoms with Crippen LogP contribution in [0.15, 0.2) is 18.2 Å². The van der Waals surface area contributed by atoms with Gasteiger partial charge in [0.25, 0.3) is 0 Å². The topological polar surface area (TPSA) is 44.5 Å². The molecule has 0 aromatic heterocycles. The molecule has 2 N–H and O–H groups in total. The summed E-state index contributed by atoms with van der Waals surface area (Å²) in [5, 5.41) is 0. The Balaban J connectivity index is 1.76. The van der Waals surface area contributed by atoms with Crippen molar-refractivity contribution < 1.29 is 9.47 Å². The van der Waals surface area contributed by atoms with Gasteiger partial charge in [-0.3, -0.25) is 0 Å². The first-order chi connectivity index (χ1) is 10.1. The number of thioether (sulfide) groups is 1. The molecule has 2 heterocycles. The minimum absolute atomic E-state index is 0.0749. The zero-order valence-electron chi connectivity index (χ0n) is 12.9. The summed E-state index contributed by atoms with van der Waals surface area (Å²) < 4.78 is 11.5. The molecule has 21 heavy (non-hydrogen) atoms. The average molecular weight is 307 g/mol. The first-order valence-corrected chi connectivity index (χ1v) is 8.91. The lowest BCUT2D eigenvalue weighted by Gasteiger charge is -2.40. The van der Waals surface area contributed by atoms with Crippen LogP contribution < -0.4 is 10.5 Å². The van der Waals surface area contributed by atoms with E-state index in [2.05, 4.69) is 25.1 Å². The Morgan fingerprint density at radius 3 is 3.05 bits per heavy atom. The molecule has 3 atom stereocenters. The molecule has 0 amide bonds. The van der Waals surface area contributed by atoms with Crippen molar-refractivity contribution in [3.05, 3.63) is 29.3 Å². The van der Waals surface area contributed by atoms with Gasteiger partial charge < -0.3 is 15.2 Å². The van der Waals surface area contributed by atoms with Crippen molar-refractivity contribution in [2.45, 2.75) is 37.8 Å². The van der Waals surface area contributed by atoms with Gasteiger partial charge in [-0.1, -0.05) is 12.1 Å². The molecule has 2 aliphatic heterocycles. The van der Waals surface area contributed by atoms with Crippen molar-refractivity contribution in [2.75, 3.05) is 25.2 Å². The molecule has 1 spiro atoms. The van der Waals surface area contributed by atoms with Crippen LogP contribution in [0.2, 0.25) is 0 Å². The van der Waals surface area contributed by atoms with Crippen molar-refractivity contribution in [1.29, 1.82) is 0 Å². The second kappa shape index (κ2) is 6.19. The smallest absolute Gasteiger partial charge is 0.122 e. The number of rotatable bonds is 3. The number of aryl methyl sites for hydroxylation is 1. The van der Waals surface area contributed by atoms with Crippen LogP contribution in [0.1, 0.15) is 36.4 Å². The summed E-state index contributed by atoms with van der Waals surface area (Å²) in [5.74, 6) is 3.79. The summed E-state index contributed by atoms with van der Waals surface area (Å²) >= 11 is 2.01. The lowest BCUT2D eigenvalue weighted by atomic mass is 9.79. The van der Waals surface area contributed by atoms with Gasteiger partial charge in [0, 0.05) is 18.4 Å². The lowest BCUT2D eigenvalue weighted by Crippen LogP contribution is -2.42. The molecule has 3 nitrogen and oxygen atoms in total. The number of hydrogen-bond acceptors (Lipinski definition) is 4. The van der Waals surface area contributed by atoms with Gasteiger partial charge in [0.1, 0.15) is 5.75 Å². The lowest BCUT2D eigenvalue weighted by molar-refractivity contribution is -0.0834. The van der Waals surface area contributed by atoms with Gasteiger partial charge >= 0.3 is 0 Å². The molecule has 3 unspecified atom stereocenters. The monoisotopic (exact) mass is 307 g/mol. The van der Waals surface area contributed by atoms with E-state index in [-0.39, 0.29) is 11.6 Å². The molecule has 0 aliphatic carbocycles. The Labute approximate surface area is 131 Å². The summed E-state index contributed by atoms with van der Waals surface area (Å²) in [7, 11) is 1.72. The Bertz CT molecular complexity index is 500. The number of hydrogen-bond donors (Lipinski definition) is 1. The minimum Gasteiger partial charge on any atom is -0.496 e. The van der Waals surface area contributed by atoms with Crippen LogP contribution in [-0.2, 0) is 4.74 Å². The van der Waals surface area contributed by atoms with Crippen LogP contribution >= 0.6 is 11.8 Å². The van der Waals surface area contributed by atoms with E-state index in [1.165, 1.54) is 17.7 Å². The summed E-state index contributed by atoms with van der Waals surface area (Å²) in [6.45, 7) is 2.91. The fraction of sp³-hybridized carbons (Fsp3) is 0.647. The molecule has 2 fully saturated rings. The van der Waals surface area contributed by atoms with E-state index >= 15 is 0 Å². The van der Waals surface area contributed by atoms with Gasteiger partial charge in [-0.2, -0.15) is 11.8 Å². The van der Waals surface area contributed by atoms with Crippen LogP contribution in [0, 0.1) is 12.8 Å². The molecular formula is C17H25NO2S. The highest BCUT2D eigenvalue weighted by Gasteiger charge is 2.42. The SMILES string of the molecule is COc1cc(C(N)C2CCOC3(CCSC3)C2)ccc1C. The molecular weight excluding hydrogens is 282 g/mol. The van der Waals surface area contributed by atoms with Crippen LogP contribution in [0.25, 0.3) is 0 Å². The summed E-state index contributed by atoms with van der Waals surface area (Å²) in [4.78, 5) is 0. The van der Waals surface area contributed by atoms with E-state index in [4.69, 9.17) is 15.2 Å².